The number of carbonyl (C=O) groups excluding carboxylic acids is 6. The maximum Gasteiger partial charge on any atom is 0.303 e. The third-order valence-corrected chi connectivity index (χ3v) is 11.6. The van der Waals surface area contributed by atoms with Crippen molar-refractivity contribution in [2.45, 2.75) is 128 Å². The van der Waals surface area contributed by atoms with E-state index in [-0.39, 0.29) is 36.6 Å². The van der Waals surface area contributed by atoms with Gasteiger partial charge < -0.3 is 39.6 Å². The van der Waals surface area contributed by atoms with Crippen LogP contribution in [0, 0.1) is 5.41 Å². The van der Waals surface area contributed by atoms with Gasteiger partial charge in [-0.3, -0.25) is 28.8 Å². The number of anilines is 2. The fraction of sp³-hybridized carbons (Fsp3) is 0.581. The van der Waals surface area contributed by atoms with Crippen LogP contribution in [0.1, 0.15) is 110 Å². The minimum absolute atomic E-state index is 0.140. The van der Waals surface area contributed by atoms with Crippen molar-refractivity contribution in [1.82, 2.24) is 5.32 Å². The van der Waals surface area contributed by atoms with E-state index in [1.165, 1.54) is 0 Å². The second-order valence-corrected chi connectivity index (χ2v) is 16.0. The minimum atomic E-state index is -1.44. The van der Waals surface area contributed by atoms with Gasteiger partial charge >= 0.3 is 23.9 Å². The number of amides is 2. The number of benzene rings is 2. The zero-order valence-corrected chi connectivity index (χ0v) is 35.9. The molecule has 15 heteroatoms. The smallest absolute Gasteiger partial charge is 0.303 e. The summed E-state index contributed by atoms with van der Waals surface area (Å²) in [5.74, 6) is -3.35. The number of thioether (sulfide) groups is 1. The summed E-state index contributed by atoms with van der Waals surface area (Å²) in [6.07, 6.45) is -0.188. The third-order valence-electron chi connectivity index (χ3n) is 10.2. The van der Waals surface area contributed by atoms with Crippen LogP contribution in [-0.4, -0.2) is 98.2 Å². The molecule has 0 radical (unpaired) electrons. The van der Waals surface area contributed by atoms with Gasteiger partial charge in [0.1, 0.15) is 12.7 Å². The molecule has 0 saturated carbocycles. The van der Waals surface area contributed by atoms with Gasteiger partial charge in [-0.25, -0.2) is 0 Å². The normalized spacial score (nSPS) is 18.9. The van der Waals surface area contributed by atoms with Crippen molar-refractivity contribution in [3.05, 3.63) is 53.6 Å². The number of fused-ring (bicyclic) bond motifs is 1. The number of nitrogens with one attached hydrogen (secondary N) is 2. The van der Waals surface area contributed by atoms with Crippen LogP contribution in [0.15, 0.2) is 47.4 Å². The van der Waals surface area contributed by atoms with E-state index in [0.29, 0.717) is 18.5 Å². The summed E-state index contributed by atoms with van der Waals surface area (Å²) < 4.78 is 20.7. The highest BCUT2D eigenvalue weighted by Gasteiger charge is 2.44. The Morgan fingerprint density at radius 3 is 2.19 bits per heavy atom. The van der Waals surface area contributed by atoms with Crippen LogP contribution in [0.2, 0.25) is 0 Å². The Balaban J connectivity index is 1.68. The first-order chi connectivity index (χ1) is 27.5. The molecule has 3 N–H and O–H groups in total. The summed E-state index contributed by atoms with van der Waals surface area (Å²) in [4.78, 5) is 76.6. The molecule has 2 amide bonds. The first-order valence-electron chi connectivity index (χ1n) is 19.9. The van der Waals surface area contributed by atoms with Crippen molar-refractivity contribution in [2.75, 3.05) is 43.2 Å². The molecule has 0 fully saturated rings. The number of hydrogen-bond donors (Lipinski definition) is 3. The number of unbranched alkanes of at least 4 members (excludes halogenated alkanes) is 2. The average Bonchev–Trinajstić information content (AvgIpc) is 3.27. The monoisotopic (exact) mass is 827 g/mol. The summed E-state index contributed by atoms with van der Waals surface area (Å²) in [5.41, 5.74) is 3.38. The van der Waals surface area contributed by atoms with Gasteiger partial charge in [0.2, 0.25) is 5.91 Å². The second-order valence-electron chi connectivity index (χ2n) is 15.0. The quantitative estimate of drug-likeness (QED) is 0.0767. The SMILES string of the molecule is CCCC[C@@]1(CC)CSc2ccc(N(C)C)cc2C(c2cccc(NC(=O)CCCCNC(=O)[C@@H](C[C@H](OC(C)=O)C(COC(C)=O)OC(C)=O)OC(C)=O)c2)C1O. The highest BCUT2D eigenvalue weighted by molar-refractivity contribution is 7.99. The number of esters is 4. The van der Waals surface area contributed by atoms with Gasteiger partial charge in [0.25, 0.3) is 5.91 Å². The number of carbonyl (C=O) groups is 6. The molecule has 14 nitrogen and oxygen atoms in total. The molecular formula is C43H61N3O11S. The van der Waals surface area contributed by atoms with E-state index in [1.54, 1.807) is 0 Å². The van der Waals surface area contributed by atoms with Crippen LogP contribution < -0.4 is 15.5 Å². The van der Waals surface area contributed by atoms with E-state index in [0.717, 1.165) is 80.8 Å². The highest BCUT2D eigenvalue weighted by Crippen LogP contribution is 2.51. The highest BCUT2D eigenvalue weighted by atomic mass is 32.2. The van der Waals surface area contributed by atoms with E-state index in [1.807, 2.05) is 50.1 Å². The van der Waals surface area contributed by atoms with Gasteiger partial charge in [0.15, 0.2) is 12.2 Å². The fourth-order valence-corrected chi connectivity index (χ4v) is 8.60. The Bertz CT molecular complexity index is 1740. The van der Waals surface area contributed by atoms with Crippen LogP contribution in [0.5, 0.6) is 0 Å². The number of aliphatic hydroxyl groups excluding tert-OH is 1. The van der Waals surface area contributed by atoms with Crippen molar-refractivity contribution >= 4 is 58.8 Å². The van der Waals surface area contributed by atoms with Crippen molar-refractivity contribution in [3.63, 3.8) is 0 Å². The molecule has 2 aromatic carbocycles. The van der Waals surface area contributed by atoms with Crippen LogP contribution in [0.4, 0.5) is 11.4 Å². The van der Waals surface area contributed by atoms with Gasteiger partial charge in [-0.05, 0) is 67.1 Å². The number of aliphatic hydroxyl groups is 1. The Morgan fingerprint density at radius 2 is 1.57 bits per heavy atom. The molecule has 3 unspecified atom stereocenters. The van der Waals surface area contributed by atoms with Crippen LogP contribution >= 0.6 is 11.8 Å². The number of rotatable bonds is 21. The average molecular weight is 828 g/mol. The Labute approximate surface area is 346 Å². The van der Waals surface area contributed by atoms with E-state index >= 15 is 0 Å². The fourth-order valence-electron chi connectivity index (χ4n) is 7.13. The van der Waals surface area contributed by atoms with Crippen molar-refractivity contribution in [1.29, 1.82) is 0 Å². The summed E-state index contributed by atoms with van der Waals surface area (Å²) >= 11 is 1.81. The standard InChI is InChI=1S/C43H61N3O11S/c1-9-11-20-43(10-2)26-58-38-19-18-33(46(7)8)23-34(38)40(41(43)52)31-15-14-16-32(22-31)45-39(51)17-12-13-21-44-42(53)36(56-29(5)49)24-35(55-28(4)48)37(57-30(6)50)25-54-27(3)47/h14-16,18-19,22-23,35-37,40-41,52H,9-13,17,20-21,24-26H2,1-8H3,(H,44,53)(H,45,51)/t35-,36+,37?,40?,41?,43-/m0/s1. The predicted octanol–water partition coefficient (Wildman–Crippen LogP) is 5.91. The second kappa shape index (κ2) is 23.1. The van der Waals surface area contributed by atoms with E-state index in [2.05, 4.69) is 47.6 Å². The molecule has 1 aliphatic heterocycles. The summed E-state index contributed by atoms with van der Waals surface area (Å²) in [5, 5.41) is 18.0. The Morgan fingerprint density at radius 1 is 0.879 bits per heavy atom. The van der Waals surface area contributed by atoms with Gasteiger partial charge in [0, 0.05) is 94.5 Å². The van der Waals surface area contributed by atoms with Crippen LogP contribution in [-0.2, 0) is 47.7 Å². The molecule has 0 spiro atoms. The molecule has 0 aliphatic carbocycles. The molecule has 0 saturated heterocycles. The molecular weight excluding hydrogens is 767 g/mol. The van der Waals surface area contributed by atoms with Crippen LogP contribution in [0.25, 0.3) is 0 Å². The van der Waals surface area contributed by atoms with Crippen LogP contribution in [0.3, 0.4) is 0 Å². The van der Waals surface area contributed by atoms with Gasteiger partial charge in [0.05, 0.1) is 6.10 Å². The lowest BCUT2D eigenvalue weighted by Crippen LogP contribution is -2.45. The zero-order valence-electron chi connectivity index (χ0n) is 35.1. The van der Waals surface area contributed by atoms with Gasteiger partial charge in [-0.2, -0.15) is 0 Å². The molecule has 1 aliphatic rings. The maximum absolute atomic E-state index is 13.2. The Hall–Kier alpha value is -4.63. The lowest BCUT2D eigenvalue weighted by molar-refractivity contribution is -0.178. The van der Waals surface area contributed by atoms with E-state index < -0.39 is 60.8 Å². The lowest BCUT2D eigenvalue weighted by atomic mass is 9.69. The van der Waals surface area contributed by atoms with Gasteiger partial charge in [-0.15, -0.1) is 11.8 Å². The molecule has 3 rings (SSSR count). The first-order valence-corrected chi connectivity index (χ1v) is 20.9. The number of nitrogens with zero attached hydrogens (tertiary/aromatic N) is 1. The van der Waals surface area contributed by atoms with Crippen molar-refractivity contribution < 1.29 is 52.8 Å². The molecule has 0 aromatic heterocycles. The Kier molecular flexibility index (Phi) is 19.0. The maximum atomic E-state index is 13.2. The minimum Gasteiger partial charge on any atom is -0.462 e. The summed E-state index contributed by atoms with van der Waals surface area (Å²) in [7, 11) is 4.00. The van der Waals surface area contributed by atoms with E-state index in [4.69, 9.17) is 18.9 Å². The number of ether oxygens (including phenoxy) is 4. The summed E-state index contributed by atoms with van der Waals surface area (Å²) in [6.45, 7) is 8.51. The topological polar surface area (TPSA) is 187 Å². The largest absolute Gasteiger partial charge is 0.462 e. The number of hydrogen-bond acceptors (Lipinski definition) is 13. The van der Waals surface area contributed by atoms with Gasteiger partial charge in [-0.1, -0.05) is 38.8 Å². The molecule has 1 heterocycles. The molecule has 2 aromatic rings. The molecule has 320 valence electrons. The molecule has 0 bridgehead atoms. The third kappa shape index (κ3) is 14.3. The summed E-state index contributed by atoms with van der Waals surface area (Å²) in [6, 6.07) is 14.1. The first kappa shape index (κ1) is 47.7. The lowest BCUT2D eigenvalue weighted by Gasteiger charge is -2.40. The zero-order chi connectivity index (χ0) is 43.0. The van der Waals surface area contributed by atoms with Crippen molar-refractivity contribution in [3.8, 4) is 0 Å². The van der Waals surface area contributed by atoms with E-state index in [9.17, 15) is 33.9 Å². The van der Waals surface area contributed by atoms with Crippen molar-refractivity contribution in [2.24, 2.45) is 5.41 Å². The predicted molar refractivity (Wildman–Crippen MR) is 221 cm³/mol. The molecule has 6 atom stereocenters. The molecule has 58 heavy (non-hydrogen) atoms.